The van der Waals surface area contributed by atoms with Crippen LogP contribution >= 0.6 is 11.3 Å². The van der Waals surface area contributed by atoms with Gasteiger partial charge in [-0.2, -0.15) is 13.2 Å². The summed E-state index contributed by atoms with van der Waals surface area (Å²) in [6.45, 7) is 0. The lowest BCUT2D eigenvalue weighted by Gasteiger charge is -2.11. The van der Waals surface area contributed by atoms with Gasteiger partial charge in [0, 0.05) is 41.3 Å². The van der Waals surface area contributed by atoms with E-state index in [2.05, 4.69) is 20.3 Å². The zero-order valence-electron chi connectivity index (χ0n) is 15.2. The van der Waals surface area contributed by atoms with Crippen LogP contribution in [0.4, 0.5) is 18.3 Å². The summed E-state index contributed by atoms with van der Waals surface area (Å²) < 4.78 is 39.2. The first-order chi connectivity index (χ1) is 14.3. The molecule has 3 heterocycles. The van der Waals surface area contributed by atoms with Crippen LogP contribution in [0.15, 0.2) is 59.1 Å². The summed E-state index contributed by atoms with van der Waals surface area (Å²) in [4.78, 5) is 35.9. The number of anilines is 1. The van der Waals surface area contributed by atoms with Gasteiger partial charge >= 0.3 is 6.18 Å². The van der Waals surface area contributed by atoms with Gasteiger partial charge in [0.25, 0.3) is 0 Å². The van der Waals surface area contributed by atoms with E-state index in [1.807, 2.05) is 0 Å². The number of H-pyrrole nitrogens is 1. The smallest absolute Gasteiger partial charge is 0.354 e. The Morgan fingerprint density at radius 1 is 1.20 bits per heavy atom. The average molecular weight is 430 g/mol. The van der Waals surface area contributed by atoms with Crippen molar-refractivity contribution in [2.24, 2.45) is 0 Å². The van der Waals surface area contributed by atoms with Crippen molar-refractivity contribution in [3.8, 4) is 11.3 Å². The van der Waals surface area contributed by atoms with Crippen LogP contribution in [0.5, 0.6) is 0 Å². The number of pyridine rings is 2. The lowest BCUT2D eigenvalue weighted by molar-refractivity contribution is -0.137. The second-order valence-electron chi connectivity index (χ2n) is 6.41. The van der Waals surface area contributed by atoms with E-state index in [-0.39, 0.29) is 29.0 Å². The number of alkyl halides is 3. The molecule has 4 aromatic rings. The molecule has 0 fully saturated rings. The van der Waals surface area contributed by atoms with Crippen LogP contribution in [0, 0.1) is 0 Å². The van der Waals surface area contributed by atoms with Crippen molar-refractivity contribution in [2.75, 3.05) is 5.32 Å². The first kappa shape index (κ1) is 19.8. The van der Waals surface area contributed by atoms with E-state index in [0.717, 1.165) is 12.1 Å². The van der Waals surface area contributed by atoms with Crippen molar-refractivity contribution in [2.45, 2.75) is 12.6 Å². The van der Waals surface area contributed by atoms with Gasteiger partial charge in [-0.1, -0.05) is 12.1 Å². The number of amides is 1. The molecule has 0 saturated carbocycles. The summed E-state index contributed by atoms with van der Waals surface area (Å²) in [7, 11) is 0. The maximum atomic E-state index is 13.1. The molecule has 0 aliphatic rings. The van der Waals surface area contributed by atoms with Crippen molar-refractivity contribution in [1.82, 2.24) is 15.0 Å². The van der Waals surface area contributed by atoms with Crippen LogP contribution in [-0.2, 0) is 17.4 Å². The van der Waals surface area contributed by atoms with Crippen LogP contribution in [0.3, 0.4) is 0 Å². The average Bonchev–Trinajstić information content (AvgIpc) is 3.21. The summed E-state index contributed by atoms with van der Waals surface area (Å²) in [6.07, 6.45) is -0.247. The highest BCUT2D eigenvalue weighted by atomic mass is 32.1. The topological polar surface area (TPSA) is 87.7 Å². The highest BCUT2D eigenvalue weighted by Crippen LogP contribution is 2.32. The largest absolute Gasteiger partial charge is 0.416 e. The van der Waals surface area contributed by atoms with Gasteiger partial charge in [-0.05, 0) is 17.7 Å². The molecule has 0 radical (unpaired) electrons. The van der Waals surface area contributed by atoms with E-state index in [9.17, 15) is 22.8 Å². The minimum atomic E-state index is -4.50. The van der Waals surface area contributed by atoms with E-state index in [4.69, 9.17) is 0 Å². The summed E-state index contributed by atoms with van der Waals surface area (Å²) >= 11 is 1.26. The number of halogens is 3. The Morgan fingerprint density at radius 3 is 2.77 bits per heavy atom. The van der Waals surface area contributed by atoms with E-state index in [1.165, 1.54) is 41.9 Å². The molecule has 10 heteroatoms. The number of carbonyl (C=O) groups excluding carboxylic acids is 1. The van der Waals surface area contributed by atoms with E-state index in [0.29, 0.717) is 16.2 Å². The fraction of sp³-hybridized carbons (Fsp3) is 0.100. The minimum absolute atomic E-state index is 0.0914. The first-order valence-electron chi connectivity index (χ1n) is 8.68. The van der Waals surface area contributed by atoms with Gasteiger partial charge in [0.1, 0.15) is 0 Å². The Kier molecular flexibility index (Phi) is 5.08. The molecule has 0 spiro atoms. The molecular formula is C20H13F3N4O2S. The monoisotopic (exact) mass is 430 g/mol. The molecule has 4 rings (SSSR count). The van der Waals surface area contributed by atoms with Crippen molar-refractivity contribution in [3.05, 3.63) is 75.7 Å². The number of benzene rings is 1. The van der Waals surface area contributed by atoms with Gasteiger partial charge in [0.05, 0.1) is 22.9 Å². The van der Waals surface area contributed by atoms with Gasteiger partial charge in [0.2, 0.25) is 5.91 Å². The van der Waals surface area contributed by atoms with E-state index < -0.39 is 17.2 Å². The first-order valence-corrected chi connectivity index (χ1v) is 9.56. The third-order valence-electron chi connectivity index (χ3n) is 4.36. The molecule has 0 atom stereocenters. The third-order valence-corrected chi connectivity index (χ3v) is 5.04. The molecule has 3 aromatic heterocycles. The van der Waals surface area contributed by atoms with Crippen molar-refractivity contribution in [3.63, 3.8) is 0 Å². The Morgan fingerprint density at radius 2 is 2.03 bits per heavy atom. The van der Waals surface area contributed by atoms with Gasteiger partial charge in [0.15, 0.2) is 10.6 Å². The number of aromatic nitrogens is 3. The molecule has 0 saturated heterocycles. The number of thiazole rings is 1. The second-order valence-corrected chi connectivity index (χ2v) is 7.30. The number of nitrogens with one attached hydrogen (secondary N) is 2. The number of aromatic amines is 1. The predicted octanol–water partition coefficient (Wildman–Crippen LogP) is 4.25. The molecular weight excluding hydrogens is 417 g/mol. The predicted molar refractivity (Wildman–Crippen MR) is 107 cm³/mol. The highest BCUT2D eigenvalue weighted by molar-refractivity contribution is 7.13. The summed E-state index contributed by atoms with van der Waals surface area (Å²) in [6, 6.07) is 5.89. The molecule has 0 aliphatic carbocycles. The number of carbonyl (C=O) groups is 1. The van der Waals surface area contributed by atoms with Gasteiger partial charge < -0.3 is 10.3 Å². The molecule has 1 aromatic carbocycles. The van der Waals surface area contributed by atoms with E-state index in [1.54, 1.807) is 11.6 Å². The van der Waals surface area contributed by atoms with Gasteiger partial charge in [-0.3, -0.25) is 14.6 Å². The summed E-state index contributed by atoms with van der Waals surface area (Å²) in [5.74, 6) is -0.357. The van der Waals surface area contributed by atoms with Crippen LogP contribution < -0.4 is 10.7 Å². The molecule has 6 nitrogen and oxygen atoms in total. The SMILES string of the molecule is O=C(Cc1cncc2c(=O)cc(-c3cccc(C(F)(F)F)c3)[nH]c12)Nc1nccs1. The second kappa shape index (κ2) is 7.71. The molecule has 0 bridgehead atoms. The number of nitrogens with zero attached hydrogens (tertiary/aromatic N) is 2. The zero-order chi connectivity index (χ0) is 21.3. The fourth-order valence-electron chi connectivity index (χ4n) is 2.99. The van der Waals surface area contributed by atoms with Gasteiger partial charge in [-0.25, -0.2) is 4.98 Å². The number of rotatable bonds is 4. The van der Waals surface area contributed by atoms with Crippen LogP contribution in [0.1, 0.15) is 11.1 Å². The molecule has 152 valence electrons. The Bertz CT molecular complexity index is 1280. The molecule has 30 heavy (non-hydrogen) atoms. The molecule has 1 amide bonds. The molecule has 0 aliphatic heterocycles. The molecule has 0 unspecified atom stereocenters. The maximum absolute atomic E-state index is 13.1. The third kappa shape index (κ3) is 4.08. The molecule has 2 N–H and O–H groups in total. The van der Waals surface area contributed by atoms with Crippen molar-refractivity contribution in [1.29, 1.82) is 0 Å². The fourth-order valence-corrected chi connectivity index (χ4v) is 3.54. The highest BCUT2D eigenvalue weighted by Gasteiger charge is 2.30. The van der Waals surface area contributed by atoms with Crippen molar-refractivity contribution >= 4 is 33.3 Å². The Hall–Kier alpha value is -3.53. The van der Waals surface area contributed by atoms with Crippen LogP contribution in [0.25, 0.3) is 22.2 Å². The normalized spacial score (nSPS) is 11.6. The quantitative estimate of drug-likeness (QED) is 0.507. The minimum Gasteiger partial charge on any atom is -0.354 e. The lowest BCUT2D eigenvalue weighted by atomic mass is 10.0. The standard InChI is InChI=1S/C20H13F3N4O2S/c21-20(22,23)13-3-1-2-11(6-13)15-8-16(28)14-10-24-9-12(18(14)26-15)7-17(29)27-19-25-4-5-30-19/h1-6,8-10H,7H2,(H,26,28)(H,25,27,29). The maximum Gasteiger partial charge on any atom is 0.416 e. The number of fused-ring (bicyclic) bond motifs is 1. The zero-order valence-corrected chi connectivity index (χ0v) is 16.0. The van der Waals surface area contributed by atoms with Crippen molar-refractivity contribution < 1.29 is 18.0 Å². The van der Waals surface area contributed by atoms with Crippen LogP contribution in [-0.4, -0.2) is 20.9 Å². The lowest BCUT2D eigenvalue weighted by Crippen LogP contribution is -2.15. The summed E-state index contributed by atoms with van der Waals surface area (Å²) in [5.41, 5.74) is -0.0264. The van der Waals surface area contributed by atoms with Crippen LogP contribution in [0.2, 0.25) is 0 Å². The van der Waals surface area contributed by atoms with Gasteiger partial charge in [-0.15, -0.1) is 11.3 Å². The Balaban J connectivity index is 1.75. The van der Waals surface area contributed by atoms with E-state index >= 15 is 0 Å². The Labute approximate surface area is 171 Å². The number of hydrogen-bond donors (Lipinski definition) is 2. The summed E-state index contributed by atoms with van der Waals surface area (Å²) in [5, 5.41) is 5.04. The number of hydrogen-bond acceptors (Lipinski definition) is 5.